The highest BCUT2D eigenvalue weighted by atomic mass is 16.5. The van der Waals surface area contributed by atoms with E-state index in [0.29, 0.717) is 24.4 Å². The van der Waals surface area contributed by atoms with Gasteiger partial charge in [-0.3, -0.25) is 9.59 Å². The number of rotatable bonds is 4. The topological polar surface area (TPSA) is 75.3 Å². The second kappa shape index (κ2) is 8.01. The Morgan fingerprint density at radius 3 is 2.55 bits per heavy atom. The summed E-state index contributed by atoms with van der Waals surface area (Å²) in [5.74, 6) is 0.484. The van der Waals surface area contributed by atoms with Gasteiger partial charge in [-0.15, -0.1) is 0 Å². The fourth-order valence-electron chi connectivity index (χ4n) is 3.52. The zero-order valence-electron chi connectivity index (χ0n) is 16.6. The van der Waals surface area contributed by atoms with Gasteiger partial charge in [0.1, 0.15) is 11.5 Å². The van der Waals surface area contributed by atoms with Crippen molar-refractivity contribution in [2.24, 2.45) is 0 Å². The van der Waals surface area contributed by atoms with Crippen LogP contribution in [0.15, 0.2) is 47.3 Å². The van der Waals surface area contributed by atoms with Crippen molar-refractivity contribution in [3.8, 4) is 0 Å². The number of aryl methyl sites for hydroxylation is 2. The Balaban J connectivity index is 1.67. The maximum Gasteiger partial charge on any atom is 0.261 e. The Kier molecular flexibility index (Phi) is 5.27. The average Bonchev–Trinajstić information content (AvgIpc) is 2.73. The lowest BCUT2D eigenvalue weighted by atomic mass is 10.0. The molecule has 0 aliphatic carbocycles. The predicted octanol–water partition coefficient (Wildman–Crippen LogP) is 3.27. The van der Waals surface area contributed by atoms with Crippen molar-refractivity contribution >= 4 is 28.7 Å². The number of benzene rings is 1. The first-order chi connectivity index (χ1) is 14.0. The number of carbonyl (C=O) groups is 1. The molecule has 0 radical (unpaired) electrons. The van der Waals surface area contributed by atoms with E-state index in [1.807, 2.05) is 43.3 Å². The van der Waals surface area contributed by atoms with Crippen LogP contribution in [0.2, 0.25) is 0 Å². The summed E-state index contributed by atoms with van der Waals surface area (Å²) in [6.45, 7) is 6.66. The summed E-state index contributed by atoms with van der Waals surface area (Å²) in [6, 6.07) is 11.7. The molecule has 0 unspecified atom stereocenters. The standard InChI is InChI=1S/C23H23N3O3/c1-15-3-5-17(6-4-15)7-9-19(27)21-16(2)18-8-10-20(24-22(18)25-23(21)28)26-11-13-29-14-12-26/h3-10H,11-14H2,1-2H3,(H,24,25,28)/b9-7+. The van der Waals surface area contributed by atoms with Crippen LogP contribution in [-0.4, -0.2) is 42.1 Å². The van der Waals surface area contributed by atoms with Crippen LogP contribution in [0.3, 0.4) is 0 Å². The van der Waals surface area contributed by atoms with E-state index in [2.05, 4.69) is 14.9 Å². The molecular weight excluding hydrogens is 366 g/mol. The molecule has 148 valence electrons. The summed E-state index contributed by atoms with van der Waals surface area (Å²) < 4.78 is 5.38. The van der Waals surface area contributed by atoms with Gasteiger partial charge in [-0.1, -0.05) is 35.9 Å². The van der Waals surface area contributed by atoms with Gasteiger partial charge in [-0.2, -0.15) is 0 Å². The maximum atomic E-state index is 12.7. The number of nitrogens with zero attached hydrogens (tertiary/aromatic N) is 2. The van der Waals surface area contributed by atoms with E-state index in [4.69, 9.17) is 4.74 Å². The van der Waals surface area contributed by atoms with Gasteiger partial charge in [0.05, 0.1) is 18.8 Å². The zero-order chi connectivity index (χ0) is 20.4. The van der Waals surface area contributed by atoms with E-state index in [0.717, 1.165) is 35.4 Å². The molecule has 0 atom stereocenters. The highest BCUT2D eigenvalue weighted by molar-refractivity contribution is 6.09. The van der Waals surface area contributed by atoms with Gasteiger partial charge in [-0.25, -0.2) is 4.98 Å². The minimum absolute atomic E-state index is 0.154. The molecular formula is C23H23N3O3. The van der Waals surface area contributed by atoms with E-state index in [1.165, 1.54) is 6.08 Å². The molecule has 29 heavy (non-hydrogen) atoms. The Morgan fingerprint density at radius 1 is 1.10 bits per heavy atom. The van der Waals surface area contributed by atoms with E-state index < -0.39 is 5.56 Å². The van der Waals surface area contributed by atoms with Crippen molar-refractivity contribution < 1.29 is 9.53 Å². The molecule has 2 aromatic heterocycles. The van der Waals surface area contributed by atoms with Gasteiger partial charge in [-0.05, 0) is 43.2 Å². The summed E-state index contributed by atoms with van der Waals surface area (Å²) in [6.07, 6.45) is 3.17. The molecule has 1 N–H and O–H groups in total. The van der Waals surface area contributed by atoms with E-state index >= 15 is 0 Å². The van der Waals surface area contributed by atoms with E-state index in [1.54, 1.807) is 13.0 Å². The van der Waals surface area contributed by atoms with Crippen LogP contribution >= 0.6 is 0 Å². The average molecular weight is 389 g/mol. The normalized spacial score (nSPS) is 14.6. The molecule has 0 spiro atoms. The number of allylic oxidation sites excluding steroid dienone is 1. The van der Waals surface area contributed by atoms with Crippen LogP contribution in [0.5, 0.6) is 0 Å². The van der Waals surface area contributed by atoms with Gasteiger partial charge in [0, 0.05) is 18.5 Å². The highest BCUT2D eigenvalue weighted by Gasteiger charge is 2.17. The van der Waals surface area contributed by atoms with Crippen LogP contribution in [0.4, 0.5) is 5.82 Å². The Morgan fingerprint density at radius 2 is 1.83 bits per heavy atom. The molecule has 3 heterocycles. The molecule has 0 bridgehead atoms. The Labute approximate surface area is 168 Å². The number of pyridine rings is 2. The van der Waals surface area contributed by atoms with Gasteiger partial charge >= 0.3 is 0 Å². The Bertz CT molecular complexity index is 1140. The number of ether oxygens (including phenoxy) is 1. The number of aromatic amines is 1. The van der Waals surface area contributed by atoms with Crippen molar-refractivity contribution in [1.82, 2.24) is 9.97 Å². The molecule has 1 fully saturated rings. The van der Waals surface area contributed by atoms with Crippen LogP contribution in [0, 0.1) is 13.8 Å². The molecule has 1 aromatic carbocycles. The lowest BCUT2D eigenvalue weighted by molar-refractivity contribution is 0.104. The smallest absolute Gasteiger partial charge is 0.261 e. The third-order valence-corrected chi connectivity index (χ3v) is 5.20. The van der Waals surface area contributed by atoms with Crippen LogP contribution < -0.4 is 10.5 Å². The lowest BCUT2D eigenvalue weighted by Crippen LogP contribution is -2.36. The van der Waals surface area contributed by atoms with Crippen molar-refractivity contribution in [3.05, 3.63) is 75.1 Å². The monoisotopic (exact) mass is 389 g/mol. The third-order valence-electron chi connectivity index (χ3n) is 5.20. The number of hydrogen-bond donors (Lipinski definition) is 1. The van der Waals surface area contributed by atoms with Crippen molar-refractivity contribution in [1.29, 1.82) is 0 Å². The first kappa shape index (κ1) is 19.1. The molecule has 1 saturated heterocycles. The molecule has 0 amide bonds. The number of anilines is 1. The van der Waals surface area contributed by atoms with Gasteiger partial charge < -0.3 is 14.6 Å². The zero-order valence-corrected chi connectivity index (χ0v) is 16.6. The van der Waals surface area contributed by atoms with Crippen LogP contribution in [0.1, 0.15) is 27.0 Å². The Hall–Kier alpha value is -3.25. The van der Waals surface area contributed by atoms with Gasteiger partial charge in [0.25, 0.3) is 5.56 Å². The first-order valence-electron chi connectivity index (χ1n) is 9.68. The van der Waals surface area contributed by atoms with Crippen LogP contribution in [-0.2, 0) is 4.74 Å². The molecule has 1 aliphatic heterocycles. The van der Waals surface area contributed by atoms with E-state index in [9.17, 15) is 9.59 Å². The predicted molar refractivity (Wildman–Crippen MR) is 115 cm³/mol. The fraction of sp³-hybridized carbons (Fsp3) is 0.261. The molecule has 1 aliphatic rings. The summed E-state index contributed by atoms with van der Waals surface area (Å²) in [4.78, 5) is 34.9. The van der Waals surface area contributed by atoms with Gasteiger partial charge in [0.15, 0.2) is 5.78 Å². The molecule has 4 rings (SSSR count). The number of nitrogens with one attached hydrogen (secondary N) is 1. The summed E-state index contributed by atoms with van der Waals surface area (Å²) in [5, 5.41) is 0.772. The number of carbonyl (C=O) groups excluding carboxylic acids is 1. The lowest BCUT2D eigenvalue weighted by Gasteiger charge is -2.27. The van der Waals surface area contributed by atoms with E-state index in [-0.39, 0.29) is 11.3 Å². The number of fused-ring (bicyclic) bond motifs is 1. The fourth-order valence-corrected chi connectivity index (χ4v) is 3.52. The summed E-state index contributed by atoms with van der Waals surface area (Å²) >= 11 is 0. The number of aromatic nitrogens is 2. The molecule has 0 saturated carbocycles. The summed E-state index contributed by atoms with van der Waals surface area (Å²) in [7, 11) is 0. The SMILES string of the molecule is Cc1ccc(/C=C/C(=O)c2c(C)c3ccc(N4CCOCC4)nc3[nH]c2=O)cc1. The second-order valence-corrected chi connectivity index (χ2v) is 7.23. The first-order valence-corrected chi connectivity index (χ1v) is 9.68. The quantitative estimate of drug-likeness (QED) is 0.548. The van der Waals surface area contributed by atoms with Crippen LogP contribution in [0.25, 0.3) is 17.1 Å². The van der Waals surface area contributed by atoms with Crippen molar-refractivity contribution in [2.75, 3.05) is 31.2 Å². The number of morpholine rings is 1. The van der Waals surface area contributed by atoms with Gasteiger partial charge in [0.2, 0.25) is 0 Å². The minimum atomic E-state index is -0.416. The molecule has 6 nitrogen and oxygen atoms in total. The molecule has 6 heteroatoms. The second-order valence-electron chi connectivity index (χ2n) is 7.23. The number of H-pyrrole nitrogens is 1. The van der Waals surface area contributed by atoms with Crippen molar-refractivity contribution in [2.45, 2.75) is 13.8 Å². The number of hydrogen-bond acceptors (Lipinski definition) is 5. The molecule has 3 aromatic rings. The third kappa shape index (κ3) is 3.98. The maximum absolute atomic E-state index is 12.7. The summed E-state index contributed by atoms with van der Waals surface area (Å²) in [5.41, 5.74) is 2.94. The largest absolute Gasteiger partial charge is 0.378 e. The minimum Gasteiger partial charge on any atom is -0.378 e. The van der Waals surface area contributed by atoms with Crippen molar-refractivity contribution in [3.63, 3.8) is 0 Å². The number of ketones is 1. The highest BCUT2D eigenvalue weighted by Crippen LogP contribution is 2.21.